The molecule has 0 saturated heterocycles. The number of hydrogen-bond donors (Lipinski definition) is 1. The molecular formula is C16H20N2. The molecule has 1 aromatic carbocycles. The molecule has 18 heavy (non-hydrogen) atoms. The highest BCUT2D eigenvalue weighted by molar-refractivity contribution is 5.27. The zero-order chi connectivity index (χ0) is 13.0. The average molecular weight is 240 g/mol. The van der Waals surface area contributed by atoms with Crippen LogP contribution in [0, 0.1) is 13.8 Å². The quantitative estimate of drug-likeness (QED) is 0.887. The van der Waals surface area contributed by atoms with E-state index in [9.17, 15) is 0 Å². The second-order valence-corrected chi connectivity index (χ2v) is 4.73. The van der Waals surface area contributed by atoms with Crippen molar-refractivity contribution in [3.8, 4) is 0 Å². The van der Waals surface area contributed by atoms with E-state index in [-0.39, 0.29) is 0 Å². The van der Waals surface area contributed by atoms with Crippen LogP contribution in [-0.2, 0) is 6.42 Å². The van der Waals surface area contributed by atoms with Gasteiger partial charge in [0.2, 0.25) is 0 Å². The predicted molar refractivity (Wildman–Crippen MR) is 75.7 cm³/mol. The maximum Gasteiger partial charge on any atom is 0.0451 e. The Morgan fingerprint density at radius 2 is 2.00 bits per heavy atom. The van der Waals surface area contributed by atoms with Crippen molar-refractivity contribution in [2.75, 3.05) is 7.05 Å². The van der Waals surface area contributed by atoms with E-state index in [2.05, 4.69) is 54.5 Å². The van der Waals surface area contributed by atoms with Crippen LogP contribution in [0.25, 0.3) is 0 Å². The summed E-state index contributed by atoms with van der Waals surface area (Å²) in [4.78, 5) is 4.47. The first-order valence-corrected chi connectivity index (χ1v) is 6.35. The highest BCUT2D eigenvalue weighted by Gasteiger charge is 2.12. The minimum Gasteiger partial charge on any atom is -0.313 e. The molecule has 94 valence electrons. The summed E-state index contributed by atoms with van der Waals surface area (Å²) in [6, 6.07) is 13.1. The van der Waals surface area contributed by atoms with E-state index in [0.29, 0.717) is 6.04 Å². The summed E-state index contributed by atoms with van der Waals surface area (Å²) in [5, 5.41) is 3.38. The van der Waals surface area contributed by atoms with Crippen LogP contribution in [0.4, 0.5) is 0 Å². The molecule has 1 aromatic heterocycles. The SMILES string of the molecule is CNC(Cc1ncccc1C)c1cccc(C)c1. The van der Waals surface area contributed by atoms with Gasteiger partial charge in [0.1, 0.15) is 0 Å². The lowest BCUT2D eigenvalue weighted by molar-refractivity contribution is 0.582. The Kier molecular flexibility index (Phi) is 4.11. The Hall–Kier alpha value is -1.67. The Morgan fingerprint density at radius 1 is 1.17 bits per heavy atom. The van der Waals surface area contributed by atoms with Gasteiger partial charge in [-0.2, -0.15) is 0 Å². The molecule has 1 heterocycles. The second kappa shape index (κ2) is 5.78. The van der Waals surface area contributed by atoms with Crippen molar-refractivity contribution < 1.29 is 0 Å². The second-order valence-electron chi connectivity index (χ2n) is 4.73. The van der Waals surface area contributed by atoms with Crippen molar-refractivity contribution >= 4 is 0 Å². The molecule has 0 radical (unpaired) electrons. The zero-order valence-corrected chi connectivity index (χ0v) is 11.3. The summed E-state index contributed by atoms with van der Waals surface area (Å²) in [5.74, 6) is 0. The third-order valence-corrected chi connectivity index (χ3v) is 3.31. The van der Waals surface area contributed by atoms with Crippen LogP contribution in [0.5, 0.6) is 0 Å². The molecule has 2 aromatic rings. The first-order valence-electron chi connectivity index (χ1n) is 6.35. The normalized spacial score (nSPS) is 12.4. The van der Waals surface area contributed by atoms with Gasteiger partial charge >= 0.3 is 0 Å². The van der Waals surface area contributed by atoms with E-state index in [1.165, 1.54) is 22.4 Å². The molecule has 0 amide bonds. The van der Waals surface area contributed by atoms with Crippen LogP contribution in [0.1, 0.15) is 28.4 Å². The molecule has 0 saturated carbocycles. The lowest BCUT2D eigenvalue weighted by atomic mass is 9.98. The fourth-order valence-corrected chi connectivity index (χ4v) is 2.20. The van der Waals surface area contributed by atoms with Gasteiger partial charge in [-0.15, -0.1) is 0 Å². The van der Waals surface area contributed by atoms with Gasteiger partial charge in [-0.3, -0.25) is 4.98 Å². The van der Waals surface area contributed by atoms with Crippen molar-refractivity contribution in [3.63, 3.8) is 0 Å². The highest BCUT2D eigenvalue weighted by atomic mass is 14.9. The van der Waals surface area contributed by atoms with Gasteiger partial charge in [-0.1, -0.05) is 35.9 Å². The number of rotatable bonds is 4. The zero-order valence-electron chi connectivity index (χ0n) is 11.3. The highest BCUT2D eigenvalue weighted by Crippen LogP contribution is 2.19. The van der Waals surface area contributed by atoms with Gasteiger partial charge < -0.3 is 5.32 Å². The number of likely N-dealkylation sites (N-methyl/N-ethyl adjacent to an activating group) is 1. The summed E-state index contributed by atoms with van der Waals surface area (Å²) in [6.45, 7) is 4.24. The van der Waals surface area contributed by atoms with E-state index in [4.69, 9.17) is 0 Å². The Labute approximate surface area is 109 Å². The van der Waals surface area contributed by atoms with Gasteiger partial charge in [0.05, 0.1) is 0 Å². The number of aryl methyl sites for hydroxylation is 2. The summed E-state index contributed by atoms with van der Waals surface area (Å²) in [7, 11) is 2.01. The lowest BCUT2D eigenvalue weighted by Crippen LogP contribution is -2.19. The standard InChI is InChI=1S/C16H20N2/c1-12-6-4-8-14(10-12)16(17-3)11-15-13(2)7-5-9-18-15/h4-10,16-17H,11H2,1-3H3. The van der Waals surface area contributed by atoms with Crippen LogP contribution in [0.2, 0.25) is 0 Å². The molecule has 0 fully saturated rings. The molecule has 2 heteroatoms. The van der Waals surface area contributed by atoms with Crippen LogP contribution in [-0.4, -0.2) is 12.0 Å². The molecule has 0 aliphatic carbocycles. The van der Waals surface area contributed by atoms with E-state index < -0.39 is 0 Å². The van der Waals surface area contributed by atoms with Crippen molar-refractivity contribution in [1.29, 1.82) is 0 Å². The third-order valence-electron chi connectivity index (χ3n) is 3.31. The van der Waals surface area contributed by atoms with Crippen LogP contribution >= 0.6 is 0 Å². The summed E-state index contributed by atoms with van der Waals surface area (Å²) in [5.41, 5.74) is 5.04. The maximum absolute atomic E-state index is 4.47. The van der Waals surface area contributed by atoms with Crippen molar-refractivity contribution in [3.05, 3.63) is 65.0 Å². The monoisotopic (exact) mass is 240 g/mol. The Bertz CT molecular complexity index is 520. The molecule has 0 bridgehead atoms. The number of nitrogens with zero attached hydrogens (tertiary/aromatic N) is 1. The molecule has 2 rings (SSSR count). The van der Waals surface area contributed by atoms with Crippen molar-refractivity contribution in [2.24, 2.45) is 0 Å². The predicted octanol–water partition coefficient (Wildman–Crippen LogP) is 3.20. The largest absolute Gasteiger partial charge is 0.313 e. The van der Waals surface area contributed by atoms with E-state index in [1.54, 1.807) is 0 Å². The maximum atomic E-state index is 4.47. The van der Waals surface area contributed by atoms with E-state index >= 15 is 0 Å². The first-order chi connectivity index (χ1) is 8.70. The molecule has 2 nitrogen and oxygen atoms in total. The molecule has 1 N–H and O–H groups in total. The van der Waals surface area contributed by atoms with Crippen LogP contribution < -0.4 is 5.32 Å². The Morgan fingerprint density at radius 3 is 2.67 bits per heavy atom. The lowest BCUT2D eigenvalue weighted by Gasteiger charge is -2.17. The number of hydrogen-bond acceptors (Lipinski definition) is 2. The first kappa shape index (κ1) is 12.8. The molecule has 1 unspecified atom stereocenters. The molecule has 1 atom stereocenters. The fourth-order valence-electron chi connectivity index (χ4n) is 2.20. The van der Waals surface area contributed by atoms with Gasteiger partial charge in [0, 0.05) is 24.4 Å². The van der Waals surface area contributed by atoms with E-state index in [1.807, 2.05) is 19.3 Å². The molecule has 0 spiro atoms. The minimum atomic E-state index is 0.318. The Balaban J connectivity index is 2.23. The topological polar surface area (TPSA) is 24.9 Å². The number of aromatic nitrogens is 1. The summed E-state index contributed by atoms with van der Waals surface area (Å²) < 4.78 is 0. The summed E-state index contributed by atoms with van der Waals surface area (Å²) >= 11 is 0. The summed E-state index contributed by atoms with van der Waals surface area (Å²) in [6.07, 6.45) is 2.79. The number of nitrogens with one attached hydrogen (secondary N) is 1. The average Bonchev–Trinajstić information content (AvgIpc) is 2.38. The molecule has 0 aliphatic heterocycles. The smallest absolute Gasteiger partial charge is 0.0451 e. The number of benzene rings is 1. The van der Waals surface area contributed by atoms with Gasteiger partial charge in [0.25, 0.3) is 0 Å². The third kappa shape index (κ3) is 2.96. The van der Waals surface area contributed by atoms with Crippen LogP contribution in [0.3, 0.4) is 0 Å². The van der Waals surface area contributed by atoms with Gasteiger partial charge in [0.15, 0.2) is 0 Å². The van der Waals surface area contributed by atoms with Gasteiger partial charge in [-0.05, 0) is 38.1 Å². The van der Waals surface area contributed by atoms with Crippen LogP contribution in [0.15, 0.2) is 42.6 Å². The van der Waals surface area contributed by atoms with Gasteiger partial charge in [-0.25, -0.2) is 0 Å². The van der Waals surface area contributed by atoms with Crippen molar-refractivity contribution in [1.82, 2.24) is 10.3 Å². The molecule has 0 aliphatic rings. The fraction of sp³-hybridized carbons (Fsp3) is 0.312. The minimum absolute atomic E-state index is 0.318. The van der Waals surface area contributed by atoms with Crippen molar-refractivity contribution in [2.45, 2.75) is 26.3 Å². The molecular weight excluding hydrogens is 220 g/mol. The number of pyridine rings is 1. The van der Waals surface area contributed by atoms with E-state index in [0.717, 1.165) is 6.42 Å².